The van der Waals surface area contributed by atoms with Crippen LogP contribution in [0.5, 0.6) is 0 Å². The molecule has 2 aromatic rings. The van der Waals surface area contributed by atoms with Crippen LogP contribution >= 0.6 is 0 Å². The molecule has 0 aliphatic heterocycles. The van der Waals surface area contributed by atoms with Crippen molar-refractivity contribution in [1.29, 1.82) is 0 Å². The summed E-state index contributed by atoms with van der Waals surface area (Å²) < 4.78 is 13.4. The summed E-state index contributed by atoms with van der Waals surface area (Å²) in [6.07, 6.45) is 0.449. The maximum atomic E-state index is 13.4. The summed E-state index contributed by atoms with van der Waals surface area (Å²) in [6, 6.07) is 11.7. The highest BCUT2D eigenvalue weighted by Gasteiger charge is 2.07. The highest BCUT2D eigenvalue weighted by atomic mass is 19.1. The van der Waals surface area contributed by atoms with Gasteiger partial charge in [-0.25, -0.2) is 9.37 Å². The van der Waals surface area contributed by atoms with Crippen molar-refractivity contribution in [3.05, 3.63) is 59.5 Å². The number of nitrogens with zero attached hydrogens (tertiary/aromatic N) is 1. The number of benzene rings is 1. The van der Waals surface area contributed by atoms with Gasteiger partial charge in [0.05, 0.1) is 0 Å². The van der Waals surface area contributed by atoms with Crippen LogP contribution in [0.4, 0.5) is 10.2 Å². The number of hydrogen-bond donors (Lipinski definition) is 2. The van der Waals surface area contributed by atoms with E-state index in [1.54, 1.807) is 43.4 Å². The lowest BCUT2D eigenvalue weighted by atomic mass is 10.1. The van der Waals surface area contributed by atoms with E-state index in [-0.39, 0.29) is 11.7 Å². The second-order valence-electron chi connectivity index (χ2n) is 4.26. The number of carbonyl (C=O) groups is 1. The number of aromatic nitrogens is 1. The smallest absolute Gasteiger partial charge is 0.269 e. The molecule has 0 spiro atoms. The second kappa shape index (κ2) is 6.65. The minimum Gasteiger partial charge on any atom is -0.373 e. The molecular weight excluding hydrogens is 257 g/mol. The average molecular weight is 273 g/mol. The van der Waals surface area contributed by atoms with Crippen molar-refractivity contribution >= 4 is 11.7 Å². The molecule has 20 heavy (non-hydrogen) atoms. The van der Waals surface area contributed by atoms with Crippen LogP contribution in [0.25, 0.3) is 0 Å². The van der Waals surface area contributed by atoms with Crippen molar-refractivity contribution in [2.24, 2.45) is 0 Å². The maximum Gasteiger partial charge on any atom is 0.269 e. The fourth-order valence-electron chi connectivity index (χ4n) is 1.80. The van der Waals surface area contributed by atoms with Gasteiger partial charge in [-0.2, -0.15) is 0 Å². The summed E-state index contributed by atoms with van der Waals surface area (Å²) in [5.41, 5.74) is 0.926. The number of nitrogens with one attached hydrogen (secondary N) is 2. The summed E-state index contributed by atoms with van der Waals surface area (Å²) in [4.78, 5) is 16.0. The number of pyridine rings is 1. The lowest BCUT2D eigenvalue weighted by molar-refractivity contribution is 0.0949. The van der Waals surface area contributed by atoms with Crippen LogP contribution in [-0.2, 0) is 6.42 Å². The van der Waals surface area contributed by atoms with Crippen LogP contribution in [0.15, 0.2) is 42.5 Å². The van der Waals surface area contributed by atoms with Crippen LogP contribution < -0.4 is 10.6 Å². The van der Waals surface area contributed by atoms with E-state index in [4.69, 9.17) is 0 Å². The topological polar surface area (TPSA) is 54.0 Å². The van der Waals surface area contributed by atoms with Gasteiger partial charge in [0.15, 0.2) is 0 Å². The number of hydrogen-bond acceptors (Lipinski definition) is 3. The first-order valence-electron chi connectivity index (χ1n) is 6.37. The van der Waals surface area contributed by atoms with Crippen molar-refractivity contribution in [2.75, 3.05) is 18.9 Å². The molecule has 0 fully saturated rings. The zero-order valence-electron chi connectivity index (χ0n) is 11.2. The van der Waals surface area contributed by atoms with Gasteiger partial charge in [0.1, 0.15) is 17.3 Å². The van der Waals surface area contributed by atoms with E-state index in [1.807, 2.05) is 0 Å². The largest absolute Gasteiger partial charge is 0.373 e. The summed E-state index contributed by atoms with van der Waals surface area (Å²) in [6.45, 7) is 0.366. The summed E-state index contributed by atoms with van der Waals surface area (Å²) in [5.74, 6) is 0.113. The van der Waals surface area contributed by atoms with Gasteiger partial charge in [-0.3, -0.25) is 4.79 Å². The Labute approximate surface area is 117 Å². The molecule has 2 rings (SSSR count). The predicted octanol–water partition coefficient (Wildman–Crippen LogP) is 2.23. The van der Waals surface area contributed by atoms with Gasteiger partial charge in [-0.15, -0.1) is 0 Å². The molecule has 0 atom stereocenters. The molecule has 0 saturated carbocycles. The Kier molecular flexibility index (Phi) is 4.65. The first-order chi connectivity index (χ1) is 9.70. The molecule has 0 saturated heterocycles. The van der Waals surface area contributed by atoms with Gasteiger partial charge >= 0.3 is 0 Å². The Morgan fingerprint density at radius 2 is 2.00 bits per heavy atom. The van der Waals surface area contributed by atoms with Crippen LogP contribution in [0, 0.1) is 5.82 Å². The third-order valence-corrected chi connectivity index (χ3v) is 2.88. The molecule has 0 aliphatic carbocycles. The van der Waals surface area contributed by atoms with Crippen molar-refractivity contribution in [3.8, 4) is 0 Å². The fraction of sp³-hybridized carbons (Fsp3) is 0.200. The minimum absolute atomic E-state index is 0.253. The monoisotopic (exact) mass is 273 g/mol. The Hall–Kier alpha value is -2.43. The Morgan fingerprint density at radius 3 is 2.75 bits per heavy atom. The molecular formula is C15H16FN3O. The Morgan fingerprint density at radius 1 is 1.20 bits per heavy atom. The first-order valence-corrected chi connectivity index (χ1v) is 6.37. The van der Waals surface area contributed by atoms with Crippen molar-refractivity contribution < 1.29 is 9.18 Å². The number of carbonyl (C=O) groups excluding carboxylic acids is 1. The van der Waals surface area contributed by atoms with E-state index < -0.39 is 0 Å². The van der Waals surface area contributed by atoms with E-state index in [0.717, 1.165) is 0 Å². The number of amides is 1. The molecule has 1 aromatic heterocycles. The van der Waals surface area contributed by atoms with Crippen LogP contribution in [-0.4, -0.2) is 24.5 Å². The van der Waals surface area contributed by atoms with Gasteiger partial charge in [0.2, 0.25) is 0 Å². The van der Waals surface area contributed by atoms with E-state index in [0.29, 0.717) is 30.0 Å². The quantitative estimate of drug-likeness (QED) is 0.878. The van der Waals surface area contributed by atoms with Crippen molar-refractivity contribution in [1.82, 2.24) is 10.3 Å². The lowest BCUT2D eigenvalue weighted by Crippen LogP contribution is -2.26. The minimum atomic E-state index is -0.265. The molecule has 4 nitrogen and oxygen atoms in total. The second-order valence-corrected chi connectivity index (χ2v) is 4.26. The van der Waals surface area contributed by atoms with Crippen LogP contribution in [0.2, 0.25) is 0 Å². The van der Waals surface area contributed by atoms with Gasteiger partial charge in [-0.05, 0) is 30.2 Å². The van der Waals surface area contributed by atoms with Crippen LogP contribution in [0.1, 0.15) is 16.1 Å². The molecule has 1 heterocycles. The lowest BCUT2D eigenvalue weighted by Gasteiger charge is -2.06. The zero-order chi connectivity index (χ0) is 14.4. The van der Waals surface area contributed by atoms with E-state index >= 15 is 0 Å². The highest BCUT2D eigenvalue weighted by molar-refractivity contribution is 5.92. The Balaban J connectivity index is 1.91. The van der Waals surface area contributed by atoms with E-state index in [1.165, 1.54) is 6.07 Å². The molecule has 1 aromatic carbocycles. The fourth-order valence-corrected chi connectivity index (χ4v) is 1.80. The van der Waals surface area contributed by atoms with Gasteiger partial charge in [-0.1, -0.05) is 24.3 Å². The summed E-state index contributed by atoms with van der Waals surface area (Å²) in [5, 5.41) is 5.60. The zero-order valence-corrected chi connectivity index (χ0v) is 11.2. The SMILES string of the molecule is CNc1cccc(C(=O)NCCc2ccccc2F)n1. The van der Waals surface area contributed by atoms with Crippen molar-refractivity contribution in [2.45, 2.75) is 6.42 Å². The first kappa shape index (κ1) is 14.0. The third kappa shape index (κ3) is 3.54. The van der Waals surface area contributed by atoms with Gasteiger partial charge < -0.3 is 10.6 Å². The molecule has 1 amide bonds. The number of rotatable bonds is 5. The summed E-state index contributed by atoms with van der Waals surface area (Å²) >= 11 is 0. The summed E-state index contributed by atoms with van der Waals surface area (Å²) in [7, 11) is 1.74. The van der Waals surface area contributed by atoms with Gasteiger partial charge in [0.25, 0.3) is 5.91 Å². The molecule has 0 radical (unpaired) electrons. The van der Waals surface area contributed by atoms with E-state index in [9.17, 15) is 9.18 Å². The molecule has 0 unspecified atom stereocenters. The van der Waals surface area contributed by atoms with Gasteiger partial charge in [0, 0.05) is 13.6 Å². The van der Waals surface area contributed by atoms with Crippen LogP contribution in [0.3, 0.4) is 0 Å². The van der Waals surface area contributed by atoms with Crippen molar-refractivity contribution in [3.63, 3.8) is 0 Å². The molecule has 5 heteroatoms. The standard InChI is InChI=1S/C15H16FN3O/c1-17-14-8-4-7-13(19-14)15(20)18-10-9-11-5-2-3-6-12(11)16/h2-8H,9-10H2,1H3,(H,17,19)(H,18,20). The molecule has 104 valence electrons. The average Bonchev–Trinajstić information content (AvgIpc) is 2.49. The Bertz CT molecular complexity index is 601. The number of anilines is 1. The highest BCUT2D eigenvalue weighted by Crippen LogP contribution is 2.07. The molecule has 2 N–H and O–H groups in total. The molecule has 0 aliphatic rings. The predicted molar refractivity (Wildman–Crippen MR) is 76.2 cm³/mol. The third-order valence-electron chi connectivity index (χ3n) is 2.88. The van der Waals surface area contributed by atoms with E-state index in [2.05, 4.69) is 15.6 Å². The molecule has 0 bridgehead atoms. The maximum absolute atomic E-state index is 13.4. The normalized spacial score (nSPS) is 10.1. The number of halogens is 1.